The Morgan fingerprint density at radius 3 is 2.56 bits per heavy atom. The molecule has 138 valence electrons. The number of methoxy groups -OCH3 is 1. The number of nitrogens with zero attached hydrogens (tertiary/aromatic N) is 1. The Morgan fingerprint density at radius 1 is 1.19 bits per heavy atom. The zero-order chi connectivity index (χ0) is 19.6. The number of halogens is 1. The molecule has 1 heterocycles. The Bertz CT molecular complexity index is 981. The van der Waals surface area contributed by atoms with E-state index < -0.39 is 5.91 Å². The average Bonchev–Trinajstić information content (AvgIpc) is 2.97. The van der Waals surface area contributed by atoms with E-state index in [2.05, 4.69) is 10.3 Å². The summed E-state index contributed by atoms with van der Waals surface area (Å²) in [6.45, 7) is 3.89. The van der Waals surface area contributed by atoms with E-state index in [1.54, 1.807) is 37.5 Å². The lowest BCUT2D eigenvalue weighted by atomic mass is 10.0. The molecule has 0 spiro atoms. The predicted octanol–water partition coefficient (Wildman–Crippen LogP) is 4.37. The Kier molecular flexibility index (Phi) is 5.68. The van der Waals surface area contributed by atoms with Crippen molar-refractivity contribution in [1.82, 2.24) is 5.32 Å². The molecule has 1 saturated heterocycles. The number of thioether (sulfide) groups is 1. The number of hydrogen-bond donors (Lipinski definition) is 1. The van der Waals surface area contributed by atoms with Crippen molar-refractivity contribution in [3.05, 3.63) is 68.6 Å². The second-order valence-corrected chi connectivity index (χ2v) is 7.44. The van der Waals surface area contributed by atoms with Crippen LogP contribution < -0.4 is 10.1 Å². The van der Waals surface area contributed by atoms with Gasteiger partial charge in [0.1, 0.15) is 5.75 Å². The van der Waals surface area contributed by atoms with Crippen molar-refractivity contribution < 1.29 is 14.3 Å². The SMILES string of the molecule is COc1cc(C)c(/C=C2\SC(=NC(=O)c3ccc(Cl)cc3)NC2=O)cc1C. The lowest BCUT2D eigenvalue weighted by Crippen LogP contribution is -2.20. The van der Waals surface area contributed by atoms with Crippen molar-refractivity contribution in [2.75, 3.05) is 7.11 Å². The van der Waals surface area contributed by atoms with Crippen LogP contribution in [0.3, 0.4) is 0 Å². The summed E-state index contributed by atoms with van der Waals surface area (Å²) >= 11 is 6.96. The summed E-state index contributed by atoms with van der Waals surface area (Å²) in [5, 5.41) is 3.43. The maximum absolute atomic E-state index is 12.2. The minimum absolute atomic E-state index is 0.258. The fraction of sp³-hybridized carbons (Fsp3) is 0.150. The monoisotopic (exact) mass is 400 g/mol. The summed E-state index contributed by atoms with van der Waals surface area (Å²) < 4.78 is 5.31. The number of rotatable bonds is 3. The molecule has 1 aliphatic heterocycles. The molecule has 27 heavy (non-hydrogen) atoms. The van der Waals surface area contributed by atoms with Crippen LogP contribution in [-0.2, 0) is 4.79 Å². The molecule has 0 bridgehead atoms. The van der Waals surface area contributed by atoms with E-state index in [-0.39, 0.29) is 11.1 Å². The summed E-state index contributed by atoms with van der Waals surface area (Å²) in [5.74, 6) is 0.0803. The summed E-state index contributed by atoms with van der Waals surface area (Å²) in [6.07, 6.45) is 1.79. The summed E-state index contributed by atoms with van der Waals surface area (Å²) in [6, 6.07) is 10.3. The molecule has 2 amide bonds. The maximum atomic E-state index is 12.2. The minimum atomic E-state index is -0.438. The van der Waals surface area contributed by atoms with Crippen LogP contribution in [0.25, 0.3) is 6.08 Å². The molecule has 0 atom stereocenters. The zero-order valence-electron chi connectivity index (χ0n) is 15.0. The third-order valence-corrected chi connectivity index (χ3v) is 5.18. The molecule has 1 aliphatic rings. The Labute approximate surface area is 166 Å². The van der Waals surface area contributed by atoms with Crippen molar-refractivity contribution in [1.29, 1.82) is 0 Å². The Morgan fingerprint density at radius 2 is 1.89 bits per heavy atom. The van der Waals surface area contributed by atoms with Gasteiger partial charge in [0.2, 0.25) is 0 Å². The van der Waals surface area contributed by atoms with Crippen LogP contribution >= 0.6 is 23.4 Å². The van der Waals surface area contributed by atoms with Gasteiger partial charge in [0, 0.05) is 10.6 Å². The van der Waals surface area contributed by atoms with Crippen molar-refractivity contribution in [3.63, 3.8) is 0 Å². The first-order chi connectivity index (χ1) is 12.9. The molecule has 0 saturated carbocycles. The highest BCUT2D eigenvalue weighted by atomic mass is 35.5. The van der Waals surface area contributed by atoms with E-state index in [9.17, 15) is 9.59 Å². The summed E-state index contributed by atoms with van der Waals surface area (Å²) in [7, 11) is 1.63. The van der Waals surface area contributed by atoms with E-state index in [4.69, 9.17) is 16.3 Å². The van der Waals surface area contributed by atoms with Gasteiger partial charge >= 0.3 is 0 Å². The standard InChI is InChI=1S/C20H17ClN2O3S/c1-11-9-16(26-3)12(2)8-14(11)10-17-19(25)23-20(27-17)22-18(24)13-4-6-15(21)7-5-13/h4-10H,1-3H3,(H,22,23,24,25)/b17-10-. The smallest absolute Gasteiger partial charge is 0.279 e. The average molecular weight is 401 g/mol. The second kappa shape index (κ2) is 7.98. The van der Waals surface area contributed by atoms with Crippen molar-refractivity contribution in [2.45, 2.75) is 13.8 Å². The van der Waals surface area contributed by atoms with Gasteiger partial charge in [-0.2, -0.15) is 4.99 Å². The highest BCUT2D eigenvalue weighted by Gasteiger charge is 2.25. The molecule has 0 aromatic heterocycles. The molecule has 2 aromatic carbocycles. The van der Waals surface area contributed by atoms with E-state index >= 15 is 0 Å². The van der Waals surface area contributed by atoms with Crippen LogP contribution in [0.4, 0.5) is 0 Å². The first-order valence-electron chi connectivity index (χ1n) is 8.12. The molecule has 3 rings (SSSR count). The van der Waals surface area contributed by atoms with Gasteiger partial charge in [-0.25, -0.2) is 0 Å². The quantitative estimate of drug-likeness (QED) is 0.777. The lowest BCUT2D eigenvalue weighted by Gasteiger charge is -2.08. The normalized spacial score (nSPS) is 16.7. The van der Waals surface area contributed by atoms with Gasteiger partial charge in [-0.05, 0) is 84.8 Å². The number of carbonyl (C=O) groups excluding carboxylic acids is 2. The van der Waals surface area contributed by atoms with E-state index in [1.165, 1.54) is 0 Å². The second-order valence-electron chi connectivity index (χ2n) is 5.97. The molecule has 1 fully saturated rings. The zero-order valence-corrected chi connectivity index (χ0v) is 16.6. The Balaban J connectivity index is 1.83. The molecule has 0 aliphatic carbocycles. The fourth-order valence-corrected chi connectivity index (χ4v) is 3.49. The largest absolute Gasteiger partial charge is 0.496 e. The molecular formula is C20H17ClN2O3S. The molecular weight excluding hydrogens is 384 g/mol. The minimum Gasteiger partial charge on any atom is -0.496 e. The fourth-order valence-electron chi connectivity index (χ4n) is 2.56. The van der Waals surface area contributed by atoms with Crippen molar-refractivity contribution in [2.24, 2.45) is 4.99 Å². The van der Waals surface area contributed by atoms with Gasteiger partial charge in [0.25, 0.3) is 11.8 Å². The number of carbonyl (C=O) groups is 2. The van der Waals surface area contributed by atoms with Gasteiger partial charge in [-0.3, -0.25) is 9.59 Å². The number of nitrogens with one attached hydrogen (secondary N) is 1. The number of benzene rings is 2. The van der Waals surface area contributed by atoms with Gasteiger partial charge < -0.3 is 10.1 Å². The predicted molar refractivity (Wildman–Crippen MR) is 109 cm³/mol. The number of amides is 2. The number of hydrogen-bond acceptors (Lipinski definition) is 4. The topological polar surface area (TPSA) is 67.8 Å². The van der Waals surface area contributed by atoms with Crippen LogP contribution in [0.5, 0.6) is 5.75 Å². The molecule has 7 heteroatoms. The van der Waals surface area contributed by atoms with Gasteiger partial charge in [-0.1, -0.05) is 11.6 Å². The van der Waals surface area contributed by atoms with Crippen LogP contribution in [0, 0.1) is 13.8 Å². The number of amidine groups is 1. The lowest BCUT2D eigenvalue weighted by molar-refractivity contribution is -0.115. The Hall–Kier alpha value is -2.57. The van der Waals surface area contributed by atoms with Gasteiger partial charge in [-0.15, -0.1) is 0 Å². The van der Waals surface area contributed by atoms with Crippen LogP contribution in [0.1, 0.15) is 27.0 Å². The van der Waals surface area contributed by atoms with Gasteiger partial charge in [0.15, 0.2) is 5.17 Å². The van der Waals surface area contributed by atoms with Gasteiger partial charge in [0.05, 0.1) is 12.0 Å². The molecule has 1 N–H and O–H groups in total. The highest BCUT2D eigenvalue weighted by molar-refractivity contribution is 8.18. The maximum Gasteiger partial charge on any atom is 0.279 e. The molecule has 2 aromatic rings. The highest BCUT2D eigenvalue weighted by Crippen LogP contribution is 2.29. The first-order valence-corrected chi connectivity index (χ1v) is 9.31. The van der Waals surface area contributed by atoms with Crippen molar-refractivity contribution >= 4 is 46.4 Å². The number of aliphatic imine (C=N–C) groups is 1. The molecule has 5 nitrogen and oxygen atoms in total. The molecule has 0 radical (unpaired) electrons. The summed E-state index contributed by atoms with van der Waals surface area (Å²) in [4.78, 5) is 28.9. The number of aryl methyl sites for hydroxylation is 2. The first kappa shape index (κ1) is 19.2. The van der Waals surface area contributed by atoms with E-state index in [1.807, 2.05) is 26.0 Å². The molecule has 0 unspecified atom stereocenters. The van der Waals surface area contributed by atoms with E-state index in [0.29, 0.717) is 15.5 Å². The van der Waals surface area contributed by atoms with Crippen molar-refractivity contribution in [3.8, 4) is 5.75 Å². The number of ether oxygens (including phenoxy) is 1. The van der Waals surface area contributed by atoms with Crippen LogP contribution in [0.15, 0.2) is 46.3 Å². The third kappa shape index (κ3) is 4.40. The van der Waals surface area contributed by atoms with E-state index in [0.717, 1.165) is 34.2 Å². The van der Waals surface area contributed by atoms with Crippen LogP contribution in [0.2, 0.25) is 5.02 Å². The third-order valence-electron chi connectivity index (χ3n) is 4.02. The summed E-state index contributed by atoms with van der Waals surface area (Å²) in [5.41, 5.74) is 3.28. The van der Waals surface area contributed by atoms with Crippen LogP contribution in [-0.4, -0.2) is 24.1 Å².